The number of carbonyl (C=O) groups excluding carboxylic acids is 2. The summed E-state index contributed by atoms with van der Waals surface area (Å²) in [6.07, 6.45) is 3.14. The number of methoxy groups -OCH3 is 1. The zero-order valence-corrected chi connectivity index (χ0v) is 13.5. The van der Waals surface area contributed by atoms with Gasteiger partial charge in [0.25, 0.3) is 0 Å². The molecule has 108 valence electrons. The molecule has 0 saturated heterocycles. The van der Waals surface area contributed by atoms with Gasteiger partial charge in [0.05, 0.1) is 22.1 Å². The number of benzene rings is 1. The van der Waals surface area contributed by atoms with E-state index in [1.54, 1.807) is 30.3 Å². The van der Waals surface area contributed by atoms with Crippen LogP contribution in [-0.4, -0.2) is 19.0 Å². The van der Waals surface area contributed by atoms with Crippen LogP contribution in [0.4, 0.5) is 5.69 Å². The molecule has 0 aliphatic carbocycles. The summed E-state index contributed by atoms with van der Waals surface area (Å²) in [5.41, 5.74) is 0.743. The van der Waals surface area contributed by atoms with E-state index in [2.05, 4.69) is 26.0 Å². The second-order valence-corrected chi connectivity index (χ2v) is 6.50. The minimum atomic E-state index is -0.489. The Balaban J connectivity index is 2.09. The van der Waals surface area contributed by atoms with Gasteiger partial charge in [-0.25, -0.2) is 4.79 Å². The van der Waals surface area contributed by atoms with E-state index in [1.807, 2.05) is 12.1 Å². The molecule has 1 N–H and O–H groups in total. The second-order valence-electron chi connectivity index (χ2n) is 4.00. The fourth-order valence-electron chi connectivity index (χ4n) is 1.63. The van der Waals surface area contributed by atoms with Gasteiger partial charge >= 0.3 is 5.97 Å². The Morgan fingerprint density at radius 2 is 2.00 bits per heavy atom. The van der Waals surface area contributed by atoms with Crippen molar-refractivity contribution >= 4 is 50.9 Å². The first kappa shape index (κ1) is 15.5. The van der Waals surface area contributed by atoms with Gasteiger partial charge in [-0.1, -0.05) is 12.1 Å². The van der Waals surface area contributed by atoms with Crippen LogP contribution in [0.15, 0.2) is 46.3 Å². The first-order valence-electron chi connectivity index (χ1n) is 6.02. The number of rotatable bonds is 4. The van der Waals surface area contributed by atoms with E-state index in [0.717, 1.165) is 8.66 Å². The molecule has 0 fully saturated rings. The second kappa shape index (κ2) is 7.19. The normalized spacial score (nSPS) is 10.6. The molecule has 21 heavy (non-hydrogen) atoms. The number of carbonyl (C=O) groups is 2. The number of nitrogens with one attached hydrogen (secondary N) is 1. The van der Waals surface area contributed by atoms with E-state index in [9.17, 15) is 9.59 Å². The Morgan fingerprint density at radius 1 is 1.24 bits per heavy atom. The van der Waals surface area contributed by atoms with Crippen molar-refractivity contribution in [3.63, 3.8) is 0 Å². The molecule has 0 bridgehead atoms. The maximum absolute atomic E-state index is 11.9. The summed E-state index contributed by atoms with van der Waals surface area (Å²) < 4.78 is 5.68. The topological polar surface area (TPSA) is 55.4 Å². The molecule has 1 aromatic heterocycles. The van der Waals surface area contributed by atoms with Crippen LogP contribution in [0.3, 0.4) is 0 Å². The number of thiophene rings is 1. The van der Waals surface area contributed by atoms with Gasteiger partial charge in [-0.3, -0.25) is 4.79 Å². The summed E-state index contributed by atoms with van der Waals surface area (Å²) in [7, 11) is 1.30. The third-order valence-corrected chi connectivity index (χ3v) is 4.17. The van der Waals surface area contributed by atoms with Crippen LogP contribution >= 0.6 is 27.3 Å². The number of hydrogen-bond acceptors (Lipinski definition) is 4. The summed E-state index contributed by atoms with van der Waals surface area (Å²) in [6.45, 7) is 0. The van der Waals surface area contributed by atoms with Gasteiger partial charge in [0.2, 0.25) is 5.91 Å². The average molecular weight is 366 g/mol. The van der Waals surface area contributed by atoms with E-state index in [4.69, 9.17) is 0 Å². The first-order chi connectivity index (χ1) is 10.1. The lowest BCUT2D eigenvalue weighted by molar-refractivity contribution is -0.111. The predicted octanol–water partition coefficient (Wildman–Crippen LogP) is 3.95. The molecule has 0 aliphatic rings. The molecule has 4 nitrogen and oxygen atoms in total. The smallest absolute Gasteiger partial charge is 0.339 e. The zero-order chi connectivity index (χ0) is 15.2. The third kappa shape index (κ3) is 4.27. The van der Waals surface area contributed by atoms with E-state index < -0.39 is 5.97 Å². The van der Waals surface area contributed by atoms with Crippen molar-refractivity contribution in [2.45, 2.75) is 0 Å². The Hall–Kier alpha value is -1.92. The lowest BCUT2D eigenvalue weighted by Crippen LogP contribution is -2.12. The molecule has 0 radical (unpaired) electrons. The van der Waals surface area contributed by atoms with E-state index in [0.29, 0.717) is 11.3 Å². The van der Waals surface area contributed by atoms with E-state index >= 15 is 0 Å². The quantitative estimate of drug-likeness (QED) is 0.659. The average Bonchev–Trinajstić information content (AvgIpc) is 2.90. The lowest BCUT2D eigenvalue weighted by Gasteiger charge is -2.07. The number of esters is 1. The Labute approximate surface area is 134 Å². The van der Waals surface area contributed by atoms with Crippen molar-refractivity contribution in [1.82, 2.24) is 0 Å². The highest BCUT2D eigenvalue weighted by atomic mass is 79.9. The van der Waals surface area contributed by atoms with Crippen molar-refractivity contribution in [3.8, 4) is 0 Å². The molecule has 1 amide bonds. The van der Waals surface area contributed by atoms with Gasteiger partial charge in [-0.15, -0.1) is 11.3 Å². The monoisotopic (exact) mass is 365 g/mol. The fourth-order valence-corrected chi connectivity index (χ4v) is 2.96. The summed E-state index contributed by atoms with van der Waals surface area (Å²) >= 11 is 4.88. The first-order valence-corrected chi connectivity index (χ1v) is 7.63. The predicted molar refractivity (Wildman–Crippen MR) is 87.5 cm³/mol. The van der Waals surface area contributed by atoms with Crippen molar-refractivity contribution in [2.24, 2.45) is 0 Å². The highest BCUT2D eigenvalue weighted by Gasteiger charge is 2.11. The third-order valence-electron chi connectivity index (χ3n) is 2.58. The molecule has 0 aliphatic heterocycles. The molecular weight excluding hydrogens is 354 g/mol. The van der Waals surface area contributed by atoms with Gasteiger partial charge in [0.15, 0.2) is 0 Å². The van der Waals surface area contributed by atoms with Gasteiger partial charge in [-0.05, 0) is 46.3 Å². The molecule has 1 aromatic carbocycles. The number of amides is 1. The van der Waals surface area contributed by atoms with Crippen LogP contribution in [-0.2, 0) is 9.53 Å². The van der Waals surface area contributed by atoms with Crippen LogP contribution in [0.5, 0.6) is 0 Å². The summed E-state index contributed by atoms with van der Waals surface area (Å²) in [4.78, 5) is 24.5. The molecule has 2 rings (SSSR count). The van der Waals surface area contributed by atoms with Crippen molar-refractivity contribution in [1.29, 1.82) is 0 Å². The fraction of sp³-hybridized carbons (Fsp3) is 0.0667. The van der Waals surface area contributed by atoms with Crippen LogP contribution in [0, 0.1) is 0 Å². The van der Waals surface area contributed by atoms with Crippen LogP contribution in [0.2, 0.25) is 0 Å². The van der Waals surface area contributed by atoms with Gasteiger partial charge < -0.3 is 10.1 Å². The number of para-hydroxylation sites is 1. The van der Waals surface area contributed by atoms with Gasteiger partial charge in [-0.2, -0.15) is 0 Å². The highest BCUT2D eigenvalue weighted by Crippen LogP contribution is 2.23. The number of anilines is 1. The van der Waals surface area contributed by atoms with E-state index in [-0.39, 0.29) is 5.91 Å². The van der Waals surface area contributed by atoms with Crippen LogP contribution in [0.25, 0.3) is 6.08 Å². The molecule has 0 saturated carbocycles. The molecule has 0 unspecified atom stereocenters. The van der Waals surface area contributed by atoms with Crippen LogP contribution < -0.4 is 5.32 Å². The number of ether oxygens (including phenoxy) is 1. The van der Waals surface area contributed by atoms with Crippen molar-refractivity contribution in [3.05, 3.63) is 56.7 Å². The highest BCUT2D eigenvalue weighted by molar-refractivity contribution is 9.11. The minimum Gasteiger partial charge on any atom is -0.465 e. The van der Waals surface area contributed by atoms with Crippen molar-refractivity contribution < 1.29 is 14.3 Å². The Morgan fingerprint density at radius 3 is 2.67 bits per heavy atom. The maximum atomic E-state index is 11.9. The molecule has 0 spiro atoms. The van der Waals surface area contributed by atoms with Gasteiger partial charge in [0.1, 0.15) is 0 Å². The molecule has 1 heterocycles. The summed E-state index contributed by atoms with van der Waals surface area (Å²) in [5, 5.41) is 2.67. The standard InChI is InChI=1S/C15H12BrNO3S/c1-20-15(19)11-4-2-3-5-12(11)17-14(18)9-7-10-6-8-13(16)21-10/h2-9H,1H3,(H,17,18)/b9-7+. The summed E-state index contributed by atoms with van der Waals surface area (Å²) in [5.74, 6) is -0.798. The lowest BCUT2D eigenvalue weighted by atomic mass is 10.2. The Bertz CT molecular complexity index is 694. The molecule has 2 aromatic rings. The zero-order valence-electron chi connectivity index (χ0n) is 11.1. The Kier molecular flexibility index (Phi) is 5.30. The number of hydrogen-bond donors (Lipinski definition) is 1. The maximum Gasteiger partial charge on any atom is 0.339 e. The molecule has 0 atom stereocenters. The molecular formula is C15H12BrNO3S. The van der Waals surface area contributed by atoms with E-state index in [1.165, 1.54) is 24.5 Å². The number of halogens is 1. The summed E-state index contributed by atoms with van der Waals surface area (Å²) in [6, 6.07) is 10.5. The van der Waals surface area contributed by atoms with Gasteiger partial charge in [0, 0.05) is 11.0 Å². The minimum absolute atomic E-state index is 0.309. The van der Waals surface area contributed by atoms with Crippen LogP contribution in [0.1, 0.15) is 15.2 Å². The largest absolute Gasteiger partial charge is 0.465 e. The van der Waals surface area contributed by atoms with Crippen molar-refractivity contribution in [2.75, 3.05) is 12.4 Å². The molecule has 6 heteroatoms. The SMILES string of the molecule is COC(=O)c1ccccc1NC(=O)/C=C/c1ccc(Br)s1.